The van der Waals surface area contributed by atoms with E-state index < -0.39 is 0 Å². The SMILES string of the molecule is CCSc1nc(N2CCCCC2)c2cnn(CCNC(=O)c3cccc(C)c3)c2n1. The minimum atomic E-state index is -0.0685. The van der Waals surface area contributed by atoms with Crippen LogP contribution < -0.4 is 10.2 Å². The summed E-state index contributed by atoms with van der Waals surface area (Å²) in [5.74, 6) is 1.85. The van der Waals surface area contributed by atoms with E-state index in [9.17, 15) is 4.79 Å². The third-order valence-corrected chi connectivity index (χ3v) is 6.00. The molecular weight excluding hydrogens is 396 g/mol. The van der Waals surface area contributed by atoms with Crippen molar-refractivity contribution >= 4 is 34.5 Å². The Balaban J connectivity index is 1.52. The number of hydrogen-bond acceptors (Lipinski definition) is 6. The van der Waals surface area contributed by atoms with Crippen LogP contribution in [0.25, 0.3) is 11.0 Å². The van der Waals surface area contributed by atoms with Gasteiger partial charge in [-0.15, -0.1) is 0 Å². The fourth-order valence-electron chi connectivity index (χ4n) is 3.79. The van der Waals surface area contributed by atoms with Crippen molar-refractivity contribution in [1.82, 2.24) is 25.1 Å². The summed E-state index contributed by atoms with van der Waals surface area (Å²) in [4.78, 5) is 24.4. The van der Waals surface area contributed by atoms with Crippen LogP contribution in [0.15, 0.2) is 35.6 Å². The second-order valence-corrected chi connectivity index (χ2v) is 8.77. The Hall–Kier alpha value is -2.61. The first kappa shape index (κ1) is 20.7. The highest BCUT2D eigenvalue weighted by Gasteiger charge is 2.20. The average molecular weight is 425 g/mol. The number of aromatic nitrogens is 4. The van der Waals surface area contributed by atoms with Crippen molar-refractivity contribution in [3.8, 4) is 0 Å². The molecule has 1 amide bonds. The molecule has 8 heteroatoms. The van der Waals surface area contributed by atoms with Gasteiger partial charge in [0, 0.05) is 25.2 Å². The van der Waals surface area contributed by atoms with Crippen molar-refractivity contribution in [2.24, 2.45) is 0 Å². The molecule has 30 heavy (non-hydrogen) atoms. The highest BCUT2D eigenvalue weighted by atomic mass is 32.2. The maximum absolute atomic E-state index is 12.4. The molecule has 0 saturated carbocycles. The Kier molecular flexibility index (Phi) is 6.52. The molecule has 1 aliphatic heterocycles. The number of nitrogens with one attached hydrogen (secondary N) is 1. The van der Waals surface area contributed by atoms with Gasteiger partial charge in [0.25, 0.3) is 5.91 Å². The molecule has 3 aromatic rings. The van der Waals surface area contributed by atoms with Crippen molar-refractivity contribution in [1.29, 1.82) is 0 Å². The maximum Gasteiger partial charge on any atom is 0.251 e. The van der Waals surface area contributed by atoms with Gasteiger partial charge >= 0.3 is 0 Å². The first-order chi connectivity index (χ1) is 14.7. The van der Waals surface area contributed by atoms with Crippen molar-refractivity contribution < 1.29 is 4.79 Å². The lowest BCUT2D eigenvalue weighted by atomic mass is 10.1. The quantitative estimate of drug-likeness (QED) is 0.461. The molecule has 4 rings (SSSR count). The number of rotatable bonds is 7. The number of fused-ring (bicyclic) bond motifs is 1. The zero-order valence-electron chi connectivity index (χ0n) is 17.6. The van der Waals surface area contributed by atoms with Crippen LogP contribution in [-0.4, -0.2) is 51.0 Å². The Bertz CT molecular complexity index is 1030. The summed E-state index contributed by atoms with van der Waals surface area (Å²) >= 11 is 1.65. The van der Waals surface area contributed by atoms with E-state index in [2.05, 4.69) is 22.2 Å². The van der Waals surface area contributed by atoms with Crippen LogP contribution in [-0.2, 0) is 6.54 Å². The normalized spacial score (nSPS) is 14.3. The lowest BCUT2D eigenvalue weighted by Crippen LogP contribution is -2.30. The van der Waals surface area contributed by atoms with Crippen molar-refractivity contribution in [3.63, 3.8) is 0 Å². The number of carbonyl (C=O) groups is 1. The molecule has 0 spiro atoms. The van der Waals surface area contributed by atoms with Crippen LogP contribution in [0.1, 0.15) is 42.1 Å². The monoisotopic (exact) mass is 424 g/mol. The summed E-state index contributed by atoms with van der Waals surface area (Å²) in [7, 11) is 0. The highest BCUT2D eigenvalue weighted by molar-refractivity contribution is 7.99. The molecule has 1 aromatic carbocycles. The fraction of sp³-hybridized carbons (Fsp3) is 0.455. The van der Waals surface area contributed by atoms with Gasteiger partial charge in [0.2, 0.25) is 0 Å². The van der Waals surface area contributed by atoms with Gasteiger partial charge in [-0.2, -0.15) is 5.10 Å². The van der Waals surface area contributed by atoms with Crippen molar-refractivity contribution in [3.05, 3.63) is 41.6 Å². The number of anilines is 1. The van der Waals surface area contributed by atoms with Gasteiger partial charge in [0.15, 0.2) is 10.8 Å². The molecular formula is C22H28N6OS. The van der Waals surface area contributed by atoms with Gasteiger partial charge in [-0.1, -0.05) is 36.4 Å². The zero-order chi connectivity index (χ0) is 20.9. The molecule has 3 heterocycles. The first-order valence-electron chi connectivity index (χ1n) is 10.6. The average Bonchev–Trinajstić information content (AvgIpc) is 3.17. The van der Waals surface area contributed by atoms with Gasteiger partial charge in [-0.3, -0.25) is 4.79 Å². The van der Waals surface area contributed by atoms with E-state index in [4.69, 9.17) is 9.97 Å². The summed E-state index contributed by atoms with van der Waals surface area (Å²) in [5, 5.41) is 9.33. The second kappa shape index (κ2) is 9.47. The molecule has 1 fully saturated rings. The summed E-state index contributed by atoms with van der Waals surface area (Å²) in [6.45, 7) is 7.20. The number of amides is 1. The largest absolute Gasteiger partial charge is 0.356 e. The van der Waals surface area contributed by atoms with E-state index in [1.54, 1.807) is 11.8 Å². The van der Waals surface area contributed by atoms with Gasteiger partial charge in [-0.25, -0.2) is 14.6 Å². The summed E-state index contributed by atoms with van der Waals surface area (Å²) in [6.07, 6.45) is 5.53. The number of aryl methyl sites for hydroxylation is 1. The van der Waals surface area contributed by atoms with Gasteiger partial charge in [0.1, 0.15) is 5.82 Å². The second-order valence-electron chi connectivity index (χ2n) is 7.54. The third kappa shape index (κ3) is 4.59. The number of carbonyl (C=O) groups excluding carboxylic acids is 1. The Morgan fingerprint density at radius 2 is 2.03 bits per heavy atom. The minimum absolute atomic E-state index is 0.0685. The van der Waals surface area contributed by atoms with Crippen LogP contribution in [0.3, 0.4) is 0 Å². The molecule has 0 atom stereocenters. The molecule has 0 unspecified atom stereocenters. The molecule has 1 N–H and O–H groups in total. The van der Waals surface area contributed by atoms with E-state index in [1.165, 1.54) is 19.3 Å². The molecule has 1 aliphatic rings. The highest BCUT2D eigenvalue weighted by Crippen LogP contribution is 2.29. The number of benzene rings is 1. The topological polar surface area (TPSA) is 75.9 Å². The summed E-state index contributed by atoms with van der Waals surface area (Å²) in [5.41, 5.74) is 2.59. The van der Waals surface area contributed by atoms with E-state index in [-0.39, 0.29) is 5.91 Å². The first-order valence-corrected chi connectivity index (χ1v) is 11.6. The molecule has 158 valence electrons. The van der Waals surface area contributed by atoms with Gasteiger partial charge < -0.3 is 10.2 Å². The summed E-state index contributed by atoms with van der Waals surface area (Å²) in [6, 6.07) is 7.61. The predicted octanol–water partition coefficient (Wildman–Crippen LogP) is 3.67. The molecule has 1 saturated heterocycles. The fourth-order valence-corrected chi connectivity index (χ4v) is 4.35. The lowest BCUT2D eigenvalue weighted by molar-refractivity contribution is 0.0952. The van der Waals surface area contributed by atoms with Crippen molar-refractivity contribution in [2.45, 2.75) is 44.8 Å². The van der Waals surface area contributed by atoms with Crippen molar-refractivity contribution in [2.75, 3.05) is 30.3 Å². The number of nitrogens with zero attached hydrogens (tertiary/aromatic N) is 5. The van der Waals surface area contributed by atoms with Gasteiger partial charge in [0.05, 0.1) is 18.1 Å². The molecule has 0 bridgehead atoms. The Morgan fingerprint density at radius 3 is 2.80 bits per heavy atom. The Labute approximate surface area is 181 Å². The maximum atomic E-state index is 12.4. The van der Waals surface area contributed by atoms with E-state index >= 15 is 0 Å². The van der Waals surface area contributed by atoms with Crippen LogP contribution in [0.2, 0.25) is 0 Å². The lowest BCUT2D eigenvalue weighted by Gasteiger charge is -2.28. The predicted molar refractivity (Wildman–Crippen MR) is 121 cm³/mol. The summed E-state index contributed by atoms with van der Waals surface area (Å²) < 4.78 is 1.88. The molecule has 0 aliphatic carbocycles. The van der Waals surface area contributed by atoms with Gasteiger partial charge in [-0.05, 0) is 44.1 Å². The minimum Gasteiger partial charge on any atom is -0.356 e. The molecule has 2 aromatic heterocycles. The zero-order valence-corrected chi connectivity index (χ0v) is 18.4. The Morgan fingerprint density at radius 1 is 1.20 bits per heavy atom. The molecule has 7 nitrogen and oxygen atoms in total. The standard InChI is InChI=1S/C22H28N6OS/c1-3-30-22-25-19(27-11-5-4-6-12-27)18-15-24-28(20(18)26-22)13-10-23-21(29)17-9-7-8-16(2)14-17/h7-9,14-15H,3-6,10-13H2,1-2H3,(H,23,29). The van der Waals surface area contributed by atoms with Crippen LogP contribution in [0.5, 0.6) is 0 Å². The third-order valence-electron chi connectivity index (χ3n) is 5.27. The van der Waals surface area contributed by atoms with E-state index in [0.29, 0.717) is 18.7 Å². The van der Waals surface area contributed by atoms with Crippen LogP contribution in [0.4, 0.5) is 5.82 Å². The van der Waals surface area contributed by atoms with E-state index in [1.807, 2.05) is 42.1 Å². The molecule has 0 radical (unpaired) electrons. The van der Waals surface area contributed by atoms with Crippen LogP contribution in [0, 0.1) is 6.92 Å². The number of thioether (sulfide) groups is 1. The van der Waals surface area contributed by atoms with Crippen LogP contribution >= 0.6 is 11.8 Å². The smallest absolute Gasteiger partial charge is 0.251 e. The van der Waals surface area contributed by atoms with E-state index in [0.717, 1.165) is 46.4 Å². The number of piperidine rings is 1. The number of hydrogen-bond donors (Lipinski definition) is 1.